The van der Waals surface area contributed by atoms with E-state index in [1.165, 1.54) is 32.1 Å². The summed E-state index contributed by atoms with van der Waals surface area (Å²) in [7, 11) is 2.02. The summed E-state index contributed by atoms with van der Waals surface area (Å²) in [4.78, 5) is 0. The van der Waals surface area contributed by atoms with Crippen LogP contribution in [0.4, 0.5) is 0 Å². The summed E-state index contributed by atoms with van der Waals surface area (Å²) in [6.45, 7) is 3.17. The van der Waals surface area contributed by atoms with E-state index in [2.05, 4.69) is 5.32 Å². The second kappa shape index (κ2) is 6.44. The smallest absolute Gasteiger partial charge is 0.0494 e. The molecule has 1 N–H and O–H groups in total. The van der Waals surface area contributed by atoms with Crippen molar-refractivity contribution < 1.29 is 4.74 Å². The summed E-state index contributed by atoms with van der Waals surface area (Å²) in [5.41, 5.74) is 0. The average Bonchev–Trinajstić information content (AvgIpc) is 2.14. The van der Waals surface area contributed by atoms with Gasteiger partial charge >= 0.3 is 0 Å². The quantitative estimate of drug-likeness (QED) is 0.637. The van der Waals surface area contributed by atoms with Gasteiger partial charge in [-0.25, -0.2) is 0 Å². The highest BCUT2D eigenvalue weighted by Crippen LogP contribution is 2.19. The molecule has 72 valence electrons. The molecule has 0 aromatic heterocycles. The zero-order valence-electron chi connectivity index (χ0n) is 8.14. The highest BCUT2D eigenvalue weighted by atomic mass is 16.5. The summed E-state index contributed by atoms with van der Waals surface area (Å²) in [5, 5.41) is 3.17. The normalized spacial score (nSPS) is 24.2. The molecule has 0 aliphatic carbocycles. The third-order valence-corrected chi connectivity index (χ3v) is 2.54. The van der Waals surface area contributed by atoms with Crippen molar-refractivity contribution in [2.75, 3.05) is 26.8 Å². The zero-order chi connectivity index (χ0) is 8.65. The van der Waals surface area contributed by atoms with E-state index in [0.717, 1.165) is 25.7 Å². The van der Waals surface area contributed by atoms with Gasteiger partial charge in [0.1, 0.15) is 0 Å². The molecule has 0 bridgehead atoms. The Kier molecular flexibility index (Phi) is 5.37. The van der Waals surface area contributed by atoms with Crippen LogP contribution in [-0.4, -0.2) is 26.8 Å². The monoisotopic (exact) mass is 171 g/mol. The van der Waals surface area contributed by atoms with Gasteiger partial charge in [-0.05, 0) is 45.2 Å². The van der Waals surface area contributed by atoms with E-state index in [9.17, 15) is 0 Å². The number of hydrogen-bond acceptors (Lipinski definition) is 2. The Hall–Kier alpha value is -0.0800. The first-order chi connectivity index (χ1) is 5.93. The Morgan fingerprint density at radius 3 is 3.00 bits per heavy atom. The lowest BCUT2D eigenvalue weighted by Crippen LogP contribution is -2.17. The summed E-state index contributed by atoms with van der Waals surface area (Å²) < 4.78 is 5.42. The fraction of sp³-hybridized carbons (Fsp3) is 1.00. The van der Waals surface area contributed by atoms with Gasteiger partial charge in [0.2, 0.25) is 0 Å². The Morgan fingerprint density at radius 2 is 2.33 bits per heavy atom. The maximum absolute atomic E-state index is 5.42. The molecular formula is C10H21NO. The highest BCUT2D eigenvalue weighted by Gasteiger charge is 2.12. The Labute approximate surface area is 75.7 Å². The molecule has 1 saturated heterocycles. The second-order valence-electron chi connectivity index (χ2n) is 3.68. The predicted molar refractivity (Wildman–Crippen MR) is 51.3 cm³/mol. The minimum absolute atomic E-state index is 0.857. The van der Waals surface area contributed by atoms with Gasteiger partial charge in [-0.2, -0.15) is 0 Å². The minimum atomic E-state index is 0.857. The van der Waals surface area contributed by atoms with Gasteiger partial charge in [0, 0.05) is 13.2 Å². The van der Waals surface area contributed by atoms with Crippen LogP contribution in [0, 0.1) is 5.92 Å². The number of unbranched alkanes of at least 4 members (excludes halogenated alkanes) is 1. The van der Waals surface area contributed by atoms with E-state index in [-0.39, 0.29) is 0 Å². The lowest BCUT2D eigenvalue weighted by atomic mass is 9.96. The fourth-order valence-electron chi connectivity index (χ4n) is 1.77. The maximum Gasteiger partial charge on any atom is 0.0494 e. The molecule has 1 heterocycles. The van der Waals surface area contributed by atoms with Gasteiger partial charge in [-0.15, -0.1) is 0 Å². The fourth-order valence-corrected chi connectivity index (χ4v) is 1.77. The van der Waals surface area contributed by atoms with Gasteiger partial charge in [0.25, 0.3) is 0 Å². The number of ether oxygens (including phenoxy) is 1. The molecule has 0 radical (unpaired) electrons. The van der Waals surface area contributed by atoms with E-state index >= 15 is 0 Å². The van der Waals surface area contributed by atoms with E-state index in [0.29, 0.717) is 0 Å². The molecule has 1 rings (SSSR count). The third kappa shape index (κ3) is 4.07. The first-order valence-electron chi connectivity index (χ1n) is 5.16. The molecule has 1 unspecified atom stereocenters. The summed E-state index contributed by atoms with van der Waals surface area (Å²) in [6, 6.07) is 0. The Morgan fingerprint density at radius 1 is 1.42 bits per heavy atom. The summed E-state index contributed by atoms with van der Waals surface area (Å²) in [6.07, 6.45) is 6.69. The number of rotatable bonds is 5. The van der Waals surface area contributed by atoms with E-state index in [4.69, 9.17) is 4.74 Å². The highest BCUT2D eigenvalue weighted by molar-refractivity contribution is 4.63. The van der Waals surface area contributed by atoms with Crippen LogP contribution in [0.15, 0.2) is 0 Å². The molecule has 12 heavy (non-hydrogen) atoms. The molecule has 1 aliphatic rings. The molecule has 0 saturated carbocycles. The van der Waals surface area contributed by atoms with Gasteiger partial charge in [-0.1, -0.05) is 6.42 Å². The van der Waals surface area contributed by atoms with Gasteiger partial charge in [0.15, 0.2) is 0 Å². The van der Waals surface area contributed by atoms with E-state index in [1.807, 2.05) is 7.05 Å². The predicted octanol–water partition coefficient (Wildman–Crippen LogP) is 1.80. The molecule has 1 atom stereocenters. The summed E-state index contributed by atoms with van der Waals surface area (Å²) >= 11 is 0. The van der Waals surface area contributed by atoms with E-state index < -0.39 is 0 Å². The summed E-state index contributed by atoms with van der Waals surface area (Å²) in [5.74, 6) is 0.857. The maximum atomic E-state index is 5.42. The van der Waals surface area contributed by atoms with Crippen LogP contribution in [-0.2, 0) is 4.74 Å². The lowest BCUT2D eigenvalue weighted by molar-refractivity contribution is 0.0508. The Balaban J connectivity index is 1.91. The third-order valence-electron chi connectivity index (χ3n) is 2.54. The van der Waals surface area contributed by atoms with Crippen LogP contribution >= 0.6 is 0 Å². The molecule has 0 amide bonds. The van der Waals surface area contributed by atoms with Gasteiger partial charge in [0.05, 0.1) is 0 Å². The van der Waals surface area contributed by atoms with Crippen molar-refractivity contribution in [2.45, 2.75) is 32.1 Å². The molecule has 1 fully saturated rings. The average molecular weight is 171 g/mol. The van der Waals surface area contributed by atoms with Crippen LogP contribution in [0.25, 0.3) is 0 Å². The van der Waals surface area contributed by atoms with Crippen LogP contribution in [0.5, 0.6) is 0 Å². The van der Waals surface area contributed by atoms with Gasteiger partial charge in [-0.3, -0.25) is 0 Å². The first-order valence-corrected chi connectivity index (χ1v) is 5.16. The largest absolute Gasteiger partial charge is 0.381 e. The number of hydrogen-bond donors (Lipinski definition) is 1. The van der Waals surface area contributed by atoms with Crippen LogP contribution in [0.1, 0.15) is 32.1 Å². The van der Waals surface area contributed by atoms with Crippen molar-refractivity contribution in [1.82, 2.24) is 5.32 Å². The van der Waals surface area contributed by atoms with Crippen molar-refractivity contribution in [3.05, 3.63) is 0 Å². The molecule has 1 aliphatic heterocycles. The molecular weight excluding hydrogens is 150 g/mol. The standard InChI is InChI=1S/C10H21NO/c1-11-7-3-2-5-10-6-4-8-12-9-10/h10-11H,2-9H2,1H3. The molecule has 2 nitrogen and oxygen atoms in total. The molecule has 0 aromatic carbocycles. The van der Waals surface area contributed by atoms with Gasteiger partial charge < -0.3 is 10.1 Å². The molecule has 0 spiro atoms. The lowest BCUT2D eigenvalue weighted by Gasteiger charge is -2.21. The second-order valence-corrected chi connectivity index (χ2v) is 3.68. The minimum Gasteiger partial charge on any atom is -0.381 e. The van der Waals surface area contributed by atoms with E-state index in [1.54, 1.807) is 0 Å². The van der Waals surface area contributed by atoms with Crippen molar-refractivity contribution in [1.29, 1.82) is 0 Å². The SMILES string of the molecule is CNCCCCC1CCCOC1. The van der Waals surface area contributed by atoms with Crippen molar-refractivity contribution in [3.63, 3.8) is 0 Å². The first kappa shape index (κ1) is 10.0. The van der Waals surface area contributed by atoms with Crippen molar-refractivity contribution in [2.24, 2.45) is 5.92 Å². The van der Waals surface area contributed by atoms with Crippen LogP contribution < -0.4 is 5.32 Å². The van der Waals surface area contributed by atoms with Crippen LogP contribution in [0.3, 0.4) is 0 Å². The topological polar surface area (TPSA) is 21.3 Å². The molecule has 0 aromatic rings. The van der Waals surface area contributed by atoms with Crippen LogP contribution in [0.2, 0.25) is 0 Å². The van der Waals surface area contributed by atoms with Crippen molar-refractivity contribution >= 4 is 0 Å². The van der Waals surface area contributed by atoms with Crippen molar-refractivity contribution in [3.8, 4) is 0 Å². The Bertz CT molecular complexity index is 100. The molecule has 2 heteroatoms. The number of nitrogens with one attached hydrogen (secondary N) is 1. The zero-order valence-corrected chi connectivity index (χ0v) is 8.14.